The molecule has 3 aromatic rings. The number of hydrogen-bond donors (Lipinski definition) is 1. The van der Waals surface area contributed by atoms with Gasteiger partial charge in [-0.1, -0.05) is 24.3 Å². The molecule has 0 saturated carbocycles. The van der Waals surface area contributed by atoms with E-state index in [0.717, 1.165) is 17.7 Å². The van der Waals surface area contributed by atoms with E-state index in [1.165, 1.54) is 0 Å². The average molecular weight is 468 g/mol. The Morgan fingerprint density at radius 1 is 1.20 bits per heavy atom. The molecule has 0 radical (unpaired) electrons. The van der Waals surface area contributed by atoms with Crippen molar-refractivity contribution in [2.24, 2.45) is 10.7 Å². The van der Waals surface area contributed by atoms with Crippen molar-refractivity contribution in [1.29, 1.82) is 0 Å². The minimum atomic E-state index is -0.151. The van der Waals surface area contributed by atoms with Gasteiger partial charge in [0.1, 0.15) is 0 Å². The highest BCUT2D eigenvalue weighted by Crippen LogP contribution is 2.30. The number of carbonyl (C=O) groups is 1. The van der Waals surface area contributed by atoms with Crippen LogP contribution in [0.25, 0.3) is 29.2 Å². The number of aliphatic imine (C=N–C) groups is 1. The van der Waals surface area contributed by atoms with Gasteiger partial charge < -0.3 is 10.6 Å². The second-order valence-corrected chi connectivity index (χ2v) is 8.08. The second-order valence-electron chi connectivity index (χ2n) is 8.08. The highest BCUT2D eigenvalue weighted by Gasteiger charge is 2.29. The number of amides is 1. The van der Waals surface area contributed by atoms with Crippen LogP contribution in [0.5, 0.6) is 0 Å². The fourth-order valence-electron chi connectivity index (χ4n) is 3.91. The van der Waals surface area contributed by atoms with E-state index in [2.05, 4.69) is 26.1 Å². The molecule has 0 bridgehead atoms. The number of rotatable bonds is 8. The zero-order chi connectivity index (χ0) is 24.6. The minimum Gasteiger partial charge on any atom is -0.397 e. The SMILES string of the molecule is CCN(C(=O)c1nn2c(c1-c1ccccn1)C=CCC=C2)[C@@H](C)CN=C/C=C(\N)c1ccccn1. The second kappa shape index (κ2) is 11.2. The zero-order valence-electron chi connectivity index (χ0n) is 20.0. The number of carbonyl (C=O) groups excluding carboxylic acids is 1. The topological polar surface area (TPSA) is 102 Å². The largest absolute Gasteiger partial charge is 0.397 e. The first kappa shape index (κ1) is 23.8. The number of aromatic nitrogens is 4. The molecule has 4 heterocycles. The number of pyridine rings is 2. The maximum atomic E-state index is 13.7. The van der Waals surface area contributed by atoms with Gasteiger partial charge in [-0.3, -0.25) is 19.8 Å². The molecule has 1 aliphatic rings. The molecule has 4 rings (SSSR count). The summed E-state index contributed by atoms with van der Waals surface area (Å²) in [6.45, 7) is 4.89. The first-order chi connectivity index (χ1) is 17.1. The fourth-order valence-corrected chi connectivity index (χ4v) is 3.91. The molecule has 1 aliphatic heterocycles. The van der Waals surface area contributed by atoms with Crippen LogP contribution in [0, 0.1) is 0 Å². The highest BCUT2D eigenvalue weighted by molar-refractivity contribution is 6.01. The van der Waals surface area contributed by atoms with Crippen LogP contribution in [0.2, 0.25) is 0 Å². The van der Waals surface area contributed by atoms with Gasteiger partial charge in [0, 0.05) is 37.4 Å². The maximum absolute atomic E-state index is 13.7. The Morgan fingerprint density at radius 3 is 2.71 bits per heavy atom. The first-order valence-corrected chi connectivity index (χ1v) is 11.6. The van der Waals surface area contributed by atoms with E-state index in [-0.39, 0.29) is 11.9 Å². The first-order valence-electron chi connectivity index (χ1n) is 11.6. The molecule has 2 N–H and O–H groups in total. The normalized spacial score (nSPS) is 14.1. The van der Waals surface area contributed by atoms with Crippen LogP contribution >= 0.6 is 0 Å². The lowest BCUT2D eigenvalue weighted by Gasteiger charge is -2.26. The highest BCUT2D eigenvalue weighted by atomic mass is 16.2. The third-order valence-corrected chi connectivity index (χ3v) is 5.69. The number of hydrogen-bond acceptors (Lipinski definition) is 6. The van der Waals surface area contributed by atoms with Gasteiger partial charge in [0.05, 0.1) is 34.9 Å². The summed E-state index contributed by atoms with van der Waals surface area (Å²) in [4.78, 5) is 28.7. The van der Waals surface area contributed by atoms with Gasteiger partial charge in [-0.2, -0.15) is 5.10 Å². The van der Waals surface area contributed by atoms with E-state index in [0.29, 0.717) is 35.9 Å². The van der Waals surface area contributed by atoms with Gasteiger partial charge in [0.15, 0.2) is 5.69 Å². The predicted octanol–water partition coefficient (Wildman–Crippen LogP) is 4.15. The van der Waals surface area contributed by atoms with E-state index in [1.54, 1.807) is 34.3 Å². The van der Waals surface area contributed by atoms with Crippen molar-refractivity contribution in [3.63, 3.8) is 0 Å². The summed E-state index contributed by atoms with van der Waals surface area (Å²) in [5.74, 6) is -0.151. The van der Waals surface area contributed by atoms with Crippen LogP contribution in [-0.4, -0.2) is 55.9 Å². The van der Waals surface area contributed by atoms with Crippen LogP contribution in [0.3, 0.4) is 0 Å². The molecule has 178 valence electrons. The summed E-state index contributed by atoms with van der Waals surface area (Å²) in [5.41, 5.74) is 9.98. The summed E-state index contributed by atoms with van der Waals surface area (Å²) in [6.07, 6.45) is 15.6. The lowest BCUT2D eigenvalue weighted by atomic mass is 10.1. The molecule has 0 aromatic carbocycles. The summed E-state index contributed by atoms with van der Waals surface area (Å²) >= 11 is 0. The third-order valence-electron chi connectivity index (χ3n) is 5.69. The quantitative estimate of drug-likeness (QED) is 0.502. The maximum Gasteiger partial charge on any atom is 0.275 e. The lowest BCUT2D eigenvalue weighted by Crippen LogP contribution is -2.40. The molecule has 8 nitrogen and oxygen atoms in total. The number of nitrogens with two attached hydrogens (primary N) is 1. The van der Waals surface area contributed by atoms with Crippen molar-refractivity contribution in [1.82, 2.24) is 24.6 Å². The van der Waals surface area contributed by atoms with Gasteiger partial charge >= 0.3 is 0 Å². The summed E-state index contributed by atoms with van der Waals surface area (Å²) in [7, 11) is 0. The molecule has 8 heteroatoms. The standard InChI is InChI=1S/C27H29N7O/c1-3-33(20(2)19-29-17-14-21(28)22-11-6-8-15-30-22)27(35)26-25(23-12-7-9-16-31-23)24-13-5-4-10-18-34(24)32-26/h5-18,20H,3-4,19,28H2,1-2H3/b21-14-,29-17?/t20-/m0/s1. The van der Waals surface area contributed by atoms with Crippen molar-refractivity contribution >= 4 is 30.1 Å². The molecule has 1 amide bonds. The van der Waals surface area contributed by atoms with Gasteiger partial charge in [-0.15, -0.1) is 0 Å². The number of allylic oxidation sites excluding steroid dienone is 3. The summed E-state index contributed by atoms with van der Waals surface area (Å²) < 4.78 is 1.75. The molecule has 0 unspecified atom stereocenters. The number of fused-ring (bicyclic) bond motifs is 1. The van der Waals surface area contributed by atoms with E-state index in [1.807, 2.05) is 68.6 Å². The van der Waals surface area contributed by atoms with Gasteiger partial charge in [-0.25, -0.2) is 4.68 Å². The molecular formula is C27H29N7O. The Hall–Kier alpha value is -4.33. The molecule has 0 saturated heterocycles. The van der Waals surface area contributed by atoms with Crippen LogP contribution in [0.15, 0.2) is 72.0 Å². The smallest absolute Gasteiger partial charge is 0.275 e. The van der Waals surface area contributed by atoms with Crippen molar-refractivity contribution in [3.8, 4) is 11.3 Å². The lowest BCUT2D eigenvalue weighted by molar-refractivity contribution is 0.0704. The van der Waals surface area contributed by atoms with Crippen LogP contribution < -0.4 is 5.73 Å². The Kier molecular flexibility index (Phi) is 7.62. The van der Waals surface area contributed by atoms with E-state index >= 15 is 0 Å². The predicted molar refractivity (Wildman–Crippen MR) is 140 cm³/mol. The minimum absolute atomic E-state index is 0.141. The Balaban J connectivity index is 1.56. The van der Waals surface area contributed by atoms with Crippen LogP contribution in [-0.2, 0) is 0 Å². The number of likely N-dealkylation sites (N-methyl/N-ethyl adjacent to an activating group) is 1. The molecule has 0 spiro atoms. The average Bonchev–Trinajstić information content (AvgIpc) is 3.10. The third kappa shape index (κ3) is 5.43. The molecule has 3 aromatic heterocycles. The Labute approximate surface area is 205 Å². The molecule has 0 aliphatic carbocycles. The van der Waals surface area contributed by atoms with E-state index in [9.17, 15) is 4.79 Å². The molecule has 35 heavy (non-hydrogen) atoms. The van der Waals surface area contributed by atoms with Gasteiger partial charge in [0.25, 0.3) is 5.91 Å². The van der Waals surface area contributed by atoms with E-state index in [4.69, 9.17) is 5.73 Å². The van der Waals surface area contributed by atoms with Crippen molar-refractivity contribution in [3.05, 3.63) is 84.1 Å². The Bertz CT molecular complexity index is 1270. The van der Waals surface area contributed by atoms with Gasteiger partial charge in [0.2, 0.25) is 0 Å². The van der Waals surface area contributed by atoms with Crippen molar-refractivity contribution < 1.29 is 4.79 Å². The van der Waals surface area contributed by atoms with Crippen LogP contribution in [0.4, 0.5) is 0 Å². The van der Waals surface area contributed by atoms with Gasteiger partial charge in [-0.05, 0) is 56.7 Å². The van der Waals surface area contributed by atoms with Crippen molar-refractivity contribution in [2.45, 2.75) is 26.3 Å². The summed E-state index contributed by atoms with van der Waals surface area (Å²) in [5, 5.41) is 4.67. The molecular weight excluding hydrogens is 438 g/mol. The van der Waals surface area contributed by atoms with Crippen molar-refractivity contribution in [2.75, 3.05) is 13.1 Å². The fraction of sp³-hybridized carbons (Fsp3) is 0.222. The van der Waals surface area contributed by atoms with Crippen LogP contribution in [0.1, 0.15) is 42.1 Å². The monoisotopic (exact) mass is 467 g/mol. The Morgan fingerprint density at radius 2 is 2.00 bits per heavy atom. The summed E-state index contributed by atoms with van der Waals surface area (Å²) in [6, 6.07) is 11.1. The number of nitrogens with zero attached hydrogens (tertiary/aromatic N) is 6. The zero-order valence-corrected chi connectivity index (χ0v) is 20.0. The van der Waals surface area contributed by atoms with E-state index < -0.39 is 0 Å². The molecule has 0 fully saturated rings. The molecule has 1 atom stereocenters.